The number of nitrogens with zero attached hydrogens (tertiary/aromatic N) is 2. The summed E-state index contributed by atoms with van der Waals surface area (Å²) in [6, 6.07) is -0.825. The minimum absolute atomic E-state index is 0.0854. The average molecular weight is 288 g/mol. The van der Waals surface area contributed by atoms with Crippen LogP contribution in [0.15, 0.2) is 0 Å². The number of carbonyl (C=O) groups excluding carboxylic acids is 2. The van der Waals surface area contributed by atoms with Crippen LogP contribution >= 0.6 is 9.39 Å². The Morgan fingerprint density at radius 1 is 1.58 bits per heavy atom. The van der Waals surface area contributed by atoms with Crippen LogP contribution in [0.25, 0.3) is 0 Å². The lowest BCUT2D eigenvalue weighted by Gasteiger charge is -2.36. The van der Waals surface area contributed by atoms with E-state index in [0.29, 0.717) is 26.1 Å². The molecule has 1 amide bonds. The van der Waals surface area contributed by atoms with E-state index in [4.69, 9.17) is 4.74 Å². The Hall–Kier alpha value is -0.750. The van der Waals surface area contributed by atoms with Crippen LogP contribution in [-0.4, -0.2) is 66.8 Å². The second-order valence-corrected chi connectivity index (χ2v) is 4.95. The van der Waals surface area contributed by atoms with Gasteiger partial charge in [0.2, 0.25) is 0 Å². The van der Waals surface area contributed by atoms with E-state index in [1.54, 1.807) is 11.9 Å². The van der Waals surface area contributed by atoms with Crippen molar-refractivity contribution in [3.8, 4) is 0 Å². The number of hydrogen-bond acceptors (Lipinski definition) is 6. The maximum Gasteiger partial charge on any atom is 0.330 e. The summed E-state index contributed by atoms with van der Waals surface area (Å²) >= 11 is 0. The number of hydrogen-bond donors (Lipinski definition) is 2. The number of carbonyl (C=O) groups is 2. The van der Waals surface area contributed by atoms with E-state index >= 15 is 0 Å². The molecule has 0 bridgehead atoms. The summed E-state index contributed by atoms with van der Waals surface area (Å²) in [5, 5.41) is 9.65. The Kier molecular flexibility index (Phi) is 5.10. The Balaban J connectivity index is 2.16. The van der Waals surface area contributed by atoms with Gasteiger partial charge in [-0.15, -0.1) is 0 Å². The van der Waals surface area contributed by atoms with E-state index < -0.39 is 6.04 Å². The number of nitrogens with one attached hydrogen (secondary N) is 2. The fraction of sp³-hybridized carbons (Fsp3) is 0.818. The lowest BCUT2D eigenvalue weighted by molar-refractivity contribution is -0.164. The molecule has 8 heteroatoms. The average Bonchev–Trinajstić information content (AvgIpc) is 2.80. The first-order valence-electron chi connectivity index (χ1n) is 6.60. The molecule has 0 radical (unpaired) electrons. The number of amides is 1. The summed E-state index contributed by atoms with van der Waals surface area (Å²) < 4.78 is 5.06. The van der Waals surface area contributed by atoms with Gasteiger partial charge in [-0.3, -0.25) is 14.9 Å². The molecule has 0 aliphatic carbocycles. The largest absolute Gasteiger partial charge is 0.464 e. The first-order chi connectivity index (χ1) is 9.19. The van der Waals surface area contributed by atoms with Gasteiger partial charge in [-0.2, -0.15) is 0 Å². The number of hydrazine groups is 1. The number of fused-ring (bicyclic) bond motifs is 1. The highest BCUT2D eigenvalue weighted by Crippen LogP contribution is 2.21. The van der Waals surface area contributed by atoms with E-state index in [2.05, 4.69) is 19.8 Å². The normalized spacial score (nSPS) is 28.7. The Bertz CT molecular complexity index is 355. The molecule has 2 fully saturated rings. The van der Waals surface area contributed by atoms with E-state index in [1.807, 2.05) is 5.01 Å². The lowest BCUT2D eigenvalue weighted by atomic mass is 10.2. The summed E-state index contributed by atoms with van der Waals surface area (Å²) in [7, 11) is 2.36. The van der Waals surface area contributed by atoms with Crippen LogP contribution in [0.3, 0.4) is 0 Å². The molecule has 0 aromatic heterocycles. The molecule has 0 spiro atoms. The van der Waals surface area contributed by atoms with Gasteiger partial charge in [0, 0.05) is 26.2 Å². The van der Waals surface area contributed by atoms with Crippen molar-refractivity contribution in [1.29, 1.82) is 0 Å². The van der Waals surface area contributed by atoms with E-state index in [0.717, 1.165) is 13.1 Å². The molecule has 2 aliphatic rings. The Morgan fingerprint density at radius 3 is 3.05 bits per heavy atom. The molecule has 2 aliphatic heterocycles. The van der Waals surface area contributed by atoms with Crippen molar-refractivity contribution in [1.82, 2.24) is 20.4 Å². The Labute approximate surface area is 115 Å². The van der Waals surface area contributed by atoms with Crippen LogP contribution in [0.1, 0.15) is 13.3 Å². The van der Waals surface area contributed by atoms with Crippen molar-refractivity contribution in [2.24, 2.45) is 0 Å². The van der Waals surface area contributed by atoms with Crippen LogP contribution in [0.2, 0.25) is 0 Å². The minimum atomic E-state index is -0.480. The number of ether oxygens (including phenoxy) is 1. The predicted molar refractivity (Wildman–Crippen MR) is 73.0 cm³/mol. The van der Waals surface area contributed by atoms with Crippen molar-refractivity contribution in [2.45, 2.75) is 25.4 Å². The monoisotopic (exact) mass is 288 g/mol. The molecule has 3 unspecified atom stereocenters. The number of esters is 1. The maximum atomic E-state index is 12.5. The fourth-order valence-corrected chi connectivity index (χ4v) is 2.76. The van der Waals surface area contributed by atoms with E-state index in [1.165, 1.54) is 0 Å². The fourth-order valence-electron chi connectivity index (χ4n) is 2.50. The van der Waals surface area contributed by atoms with Crippen molar-refractivity contribution in [3.63, 3.8) is 0 Å². The topological polar surface area (TPSA) is 73.9 Å². The van der Waals surface area contributed by atoms with Gasteiger partial charge >= 0.3 is 5.97 Å². The second-order valence-electron chi connectivity index (χ2n) is 4.62. The highest BCUT2D eigenvalue weighted by molar-refractivity contribution is 7.13. The summed E-state index contributed by atoms with van der Waals surface area (Å²) in [5.74, 6) is -0.396. The Morgan fingerprint density at radius 2 is 2.37 bits per heavy atom. The molecular formula is C11H21N4O3P. The molecule has 2 N–H and O–H groups in total. The van der Waals surface area contributed by atoms with Gasteiger partial charge < -0.3 is 10.1 Å². The first-order valence-corrected chi connectivity index (χ1v) is 7.18. The smallest absolute Gasteiger partial charge is 0.330 e. The van der Waals surface area contributed by atoms with Gasteiger partial charge in [-0.1, -0.05) is 9.39 Å². The molecule has 3 atom stereocenters. The van der Waals surface area contributed by atoms with Crippen LogP contribution < -0.4 is 10.4 Å². The zero-order chi connectivity index (χ0) is 13.8. The van der Waals surface area contributed by atoms with Crippen LogP contribution in [0.5, 0.6) is 0 Å². The molecule has 0 saturated carbocycles. The van der Waals surface area contributed by atoms with Gasteiger partial charge in [0.1, 0.15) is 12.1 Å². The van der Waals surface area contributed by atoms with Gasteiger partial charge in [0.05, 0.1) is 6.61 Å². The molecule has 2 heterocycles. The third-order valence-electron chi connectivity index (χ3n) is 3.44. The highest BCUT2D eigenvalue weighted by Gasteiger charge is 2.43. The zero-order valence-corrected chi connectivity index (χ0v) is 12.2. The van der Waals surface area contributed by atoms with Crippen LogP contribution in [0.4, 0.5) is 0 Å². The van der Waals surface area contributed by atoms with Crippen LogP contribution in [0, 0.1) is 0 Å². The quantitative estimate of drug-likeness (QED) is 0.498. The van der Waals surface area contributed by atoms with Gasteiger partial charge in [0.15, 0.2) is 0 Å². The molecule has 108 valence electrons. The summed E-state index contributed by atoms with van der Waals surface area (Å²) in [6.07, 6.45) is 0.633. The van der Waals surface area contributed by atoms with Crippen molar-refractivity contribution in [2.75, 3.05) is 32.8 Å². The molecule has 2 rings (SSSR count). The van der Waals surface area contributed by atoms with Crippen molar-refractivity contribution in [3.05, 3.63) is 0 Å². The molecule has 7 nitrogen and oxygen atoms in total. The second kappa shape index (κ2) is 6.61. The van der Waals surface area contributed by atoms with Gasteiger partial charge in [-0.05, 0) is 13.3 Å². The SMILES string of the molecule is CCOC(=O)C1CCN2CCNCC(NP)C(=O)N12. The minimum Gasteiger partial charge on any atom is -0.464 e. The first kappa shape index (κ1) is 14.7. The molecule has 0 aromatic carbocycles. The van der Waals surface area contributed by atoms with Gasteiger partial charge in [-0.25, -0.2) is 9.80 Å². The molecule has 2 saturated heterocycles. The third kappa shape index (κ3) is 3.05. The summed E-state index contributed by atoms with van der Waals surface area (Å²) in [4.78, 5) is 24.4. The van der Waals surface area contributed by atoms with Gasteiger partial charge in [0.25, 0.3) is 5.91 Å². The highest BCUT2D eigenvalue weighted by atomic mass is 31.0. The summed E-state index contributed by atoms with van der Waals surface area (Å²) in [6.45, 7) is 4.90. The maximum absolute atomic E-state index is 12.5. The van der Waals surface area contributed by atoms with E-state index in [9.17, 15) is 9.59 Å². The molecule has 19 heavy (non-hydrogen) atoms. The van der Waals surface area contributed by atoms with Crippen molar-refractivity contribution < 1.29 is 14.3 Å². The van der Waals surface area contributed by atoms with Crippen molar-refractivity contribution >= 4 is 21.3 Å². The molecule has 0 aromatic rings. The van der Waals surface area contributed by atoms with E-state index in [-0.39, 0.29) is 17.9 Å². The number of rotatable bonds is 3. The summed E-state index contributed by atoms with van der Waals surface area (Å²) in [5.41, 5.74) is 0. The molecular weight excluding hydrogens is 267 g/mol. The standard InChI is InChI=1S/C11H21N4O3P/c1-2-18-11(17)9-3-5-14-6-4-12-7-8(13-19)10(16)15(9)14/h8-9,12-13H,2-7,19H2,1H3. The predicted octanol–water partition coefficient (Wildman–Crippen LogP) is -1.28. The zero-order valence-electron chi connectivity index (χ0n) is 11.1. The lowest BCUT2D eigenvalue weighted by Crippen LogP contribution is -2.59. The van der Waals surface area contributed by atoms with Crippen LogP contribution in [-0.2, 0) is 14.3 Å². The third-order valence-corrected chi connectivity index (χ3v) is 3.84.